The third kappa shape index (κ3) is 7.38. The van der Waals surface area contributed by atoms with Crippen molar-refractivity contribution in [2.45, 2.75) is 43.5 Å². The van der Waals surface area contributed by atoms with Crippen LogP contribution in [0.4, 0.5) is 5.69 Å². The van der Waals surface area contributed by atoms with Crippen LogP contribution in [0.2, 0.25) is 0 Å². The Labute approximate surface area is 312 Å². The van der Waals surface area contributed by atoms with E-state index in [4.69, 9.17) is 14.5 Å². The number of rotatable bonds is 12. The van der Waals surface area contributed by atoms with Gasteiger partial charge in [-0.2, -0.15) is 10.2 Å². The zero-order chi connectivity index (χ0) is 36.5. The quantitative estimate of drug-likeness (QED) is 0.171. The molecule has 0 unspecified atom stereocenters. The van der Waals surface area contributed by atoms with E-state index >= 15 is 0 Å². The average Bonchev–Trinajstić information content (AvgIpc) is 3.51. The smallest absolute Gasteiger partial charge is 0.257 e. The van der Waals surface area contributed by atoms with Gasteiger partial charge in [-0.15, -0.1) is 11.8 Å². The predicted octanol–water partition coefficient (Wildman–Crippen LogP) is 5.42. The maximum absolute atomic E-state index is 13.9. The summed E-state index contributed by atoms with van der Waals surface area (Å²) in [5.74, 6) is 1.81. The number of pyridine rings is 1. The number of fused-ring (bicyclic) bond motifs is 1. The number of likely N-dealkylation sites (tertiary alicyclic amines) is 1. The molecule has 8 rings (SSSR count). The SMILES string of the molecule is CCOc1nc(-c2n[nH]c3ccc(NC(=O)[C@]4(SC)CCN(CC(=O)N5CC=C(c6ccc(-c7ncn(C)n7)cc6)CC5)C4)cc23)ccc1OC1CC1. The number of hydrogen-bond acceptors (Lipinski definition) is 10. The van der Waals surface area contributed by atoms with Crippen LogP contribution in [0.3, 0.4) is 0 Å². The molecule has 2 aromatic carbocycles. The number of amides is 2. The number of nitrogens with one attached hydrogen (secondary N) is 2. The molecule has 274 valence electrons. The molecule has 5 aromatic rings. The first-order valence-electron chi connectivity index (χ1n) is 18.1. The summed E-state index contributed by atoms with van der Waals surface area (Å²) in [5, 5.41) is 16.0. The number of aromatic amines is 1. The fourth-order valence-electron chi connectivity index (χ4n) is 6.98. The maximum atomic E-state index is 13.9. The Morgan fingerprint density at radius 2 is 1.91 bits per heavy atom. The molecule has 2 amide bonds. The van der Waals surface area contributed by atoms with E-state index in [2.05, 4.69) is 48.7 Å². The summed E-state index contributed by atoms with van der Waals surface area (Å²) >= 11 is 1.54. The van der Waals surface area contributed by atoms with E-state index in [-0.39, 0.29) is 24.5 Å². The van der Waals surface area contributed by atoms with Gasteiger partial charge in [0.05, 0.1) is 30.5 Å². The predicted molar refractivity (Wildman–Crippen MR) is 206 cm³/mol. The lowest BCUT2D eigenvalue weighted by atomic mass is 9.98. The van der Waals surface area contributed by atoms with Crippen molar-refractivity contribution in [1.29, 1.82) is 0 Å². The molecule has 5 heterocycles. The highest BCUT2D eigenvalue weighted by Gasteiger charge is 2.45. The molecule has 53 heavy (non-hydrogen) atoms. The number of thioether (sulfide) groups is 1. The van der Waals surface area contributed by atoms with Crippen LogP contribution in [-0.2, 0) is 16.6 Å². The van der Waals surface area contributed by atoms with Crippen LogP contribution in [0.5, 0.6) is 11.6 Å². The second-order valence-corrected chi connectivity index (χ2v) is 15.0. The zero-order valence-corrected chi connectivity index (χ0v) is 31.0. The van der Waals surface area contributed by atoms with Crippen molar-refractivity contribution in [3.05, 3.63) is 72.6 Å². The number of benzene rings is 2. The molecule has 2 aliphatic heterocycles. The van der Waals surface area contributed by atoms with Gasteiger partial charge in [0.2, 0.25) is 11.8 Å². The Bertz CT molecular complexity index is 2180. The summed E-state index contributed by atoms with van der Waals surface area (Å²) in [7, 11) is 1.86. The number of anilines is 1. The molecule has 1 saturated carbocycles. The minimum Gasteiger partial charge on any atom is -0.485 e. The fourth-order valence-corrected chi connectivity index (χ4v) is 7.82. The van der Waals surface area contributed by atoms with Gasteiger partial charge in [-0.3, -0.25) is 24.3 Å². The summed E-state index contributed by atoms with van der Waals surface area (Å²) in [6, 6.07) is 17.8. The third-order valence-electron chi connectivity index (χ3n) is 10.1. The highest BCUT2D eigenvalue weighted by molar-refractivity contribution is 8.00. The number of nitrogens with zero attached hydrogens (tertiary/aromatic N) is 7. The molecule has 14 heteroatoms. The lowest BCUT2D eigenvalue weighted by Gasteiger charge is -2.29. The molecule has 0 spiro atoms. The molecule has 0 radical (unpaired) electrons. The van der Waals surface area contributed by atoms with Crippen LogP contribution in [-0.4, -0.2) is 108 Å². The molecule has 3 aliphatic rings. The van der Waals surface area contributed by atoms with Crippen molar-refractivity contribution in [1.82, 2.24) is 39.7 Å². The van der Waals surface area contributed by atoms with Crippen LogP contribution in [0, 0.1) is 0 Å². The molecule has 2 fully saturated rings. The first-order chi connectivity index (χ1) is 25.8. The van der Waals surface area contributed by atoms with Crippen molar-refractivity contribution in [2.75, 3.05) is 50.9 Å². The van der Waals surface area contributed by atoms with Gasteiger partial charge < -0.3 is 19.7 Å². The monoisotopic (exact) mass is 733 g/mol. The van der Waals surface area contributed by atoms with Crippen molar-refractivity contribution < 1.29 is 19.1 Å². The van der Waals surface area contributed by atoms with Crippen LogP contribution in [0.1, 0.15) is 38.2 Å². The lowest BCUT2D eigenvalue weighted by molar-refractivity contribution is -0.132. The molecule has 13 nitrogen and oxygen atoms in total. The standard InChI is InChI=1S/C39H43N9O4S/c1-4-51-37-33(52-29-10-11-29)14-13-32(42-37)35-30-21-28(9-12-31(30)43-44-35)41-38(50)39(53-3)17-20-47(23-39)22-34(49)48-18-15-26(16-19-48)25-5-7-27(8-6-25)36-40-24-46(2)45-36/h5-9,12-15,21,24,29H,4,10-11,16-20,22-23H2,1-3H3,(H,41,50)(H,43,44)/t39-/m0/s1. The summed E-state index contributed by atoms with van der Waals surface area (Å²) in [6.45, 7) is 5.08. The number of aryl methyl sites for hydroxylation is 1. The van der Waals surface area contributed by atoms with Gasteiger partial charge in [-0.1, -0.05) is 30.3 Å². The molecular weight excluding hydrogens is 691 g/mol. The van der Waals surface area contributed by atoms with Gasteiger partial charge >= 0.3 is 0 Å². The zero-order valence-electron chi connectivity index (χ0n) is 30.2. The molecule has 1 aliphatic carbocycles. The number of hydrogen-bond donors (Lipinski definition) is 2. The molecule has 1 atom stereocenters. The summed E-state index contributed by atoms with van der Waals surface area (Å²) in [4.78, 5) is 40.4. The Morgan fingerprint density at radius 1 is 1.08 bits per heavy atom. The van der Waals surface area contributed by atoms with Gasteiger partial charge in [-0.25, -0.2) is 9.97 Å². The van der Waals surface area contributed by atoms with Crippen LogP contribution in [0.15, 0.2) is 67.0 Å². The van der Waals surface area contributed by atoms with Crippen LogP contribution in [0.25, 0.3) is 39.3 Å². The third-order valence-corrected chi connectivity index (χ3v) is 11.4. The molecule has 1 saturated heterocycles. The van der Waals surface area contributed by atoms with Gasteiger partial charge in [0.25, 0.3) is 5.88 Å². The van der Waals surface area contributed by atoms with E-state index in [1.54, 1.807) is 22.8 Å². The summed E-state index contributed by atoms with van der Waals surface area (Å²) in [5.41, 5.74) is 6.17. The van der Waals surface area contributed by atoms with Gasteiger partial charge in [0.15, 0.2) is 11.6 Å². The van der Waals surface area contributed by atoms with E-state index < -0.39 is 4.75 Å². The Balaban J connectivity index is 0.891. The van der Waals surface area contributed by atoms with E-state index in [1.807, 2.05) is 67.6 Å². The molecular formula is C39H43N9O4S. The van der Waals surface area contributed by atoms with E-state index in [0.29, 0.717) is 73.7 Å². The molecule has 0 bridgehead atoms. The second kappa shape index (κ2) is 14.7. The van der Waals surface area contributed by atoms with E-state index in [9.17, 15) is 9.59 Å². The van der Waals surface area contributed by atoms with Gasteiger partial charge in [0.1, 0.15) is 16.8 Å². The van der Waals surface area contributed by atoms with Crippen LogP contribution >= 0.6 is 11.8 Å². The maximum Gasteiger partial charge on any atom is 0.257 e. The Hall–Kier alpha value is -5.21. The Kier molecular flexibility index (Phi) is 9.64. The van der Waals surface area contributed by atoms with Crippen molar-refractivity contribution in [2.24, 2.45) is 7.05 Å². The highest BCUT2D eigenvalue weighted by Crippen LogP contribution is 2.38. The normalized spacial score (nSPS) is 19.0. The fraction of sp³-hybridized carbons (Fsp3) is 0.385. The first-order valence-corrected chi connectivity index (χ1v) is 19.3. The number of aromatic nitrogens is 6. The van der Waals surface area contributed by atoms with Gasteiger partial charge in [-0.05, 0) is 80.3 Å². The topological polar surface area (TPSA) is 143 Å². The lowest BCUT2D eigenvalue weighted by Crippen LogP contribution is -2.45. The van der Waals surface area contributed by atoms with Gasteiger partial charge in [0, 0.05) is 49.9 Å². The van der Waals surface area contributed by atoms with Crippen LogP contribution < -0.4 is 14.8 Å². The summed E-state index contributed by atoms with van der Waals surface area (Å²) in [6.07, 6.45) is 9.56. The van der Waals surface area contributed by atoms with Crippen molar-refractivity contribution in [3.8, 4) is 34.4 Å². The average molecular weight is 734 g/mol. The van der Waals surface area contributed by atoms with E-state index in [0.717, 1.165) is 41.3 Å². The van der Waals surface area contributed by atoms with E-state index in [1.165, 1.54) is 5.57 Å². The largest absolute Gasteiger partial charge is 0.485 e. The first kappa shape index (κ1) is 34.9. The second-order valence-electron chi connectivity index (χ2n) is 13.8. The minimum atomic E-state index is -0.675. The summed E-state index contributed by atoms with van der Waals surface area (Å²) < 4.78 is 12.8. The molecule has 2 N–H and O–H groups in total. The number of ether oxygens (including phenoxy) is 2. The Morgan fingerprint density at radius 3 is 2.62 bits per heavy atom. The van der Waals surface area contributed by atoms with Crippen molar-refractivity contribution >= 4 is 45.7 Å². The number of carbonyl (C=O) groups excluding carboxylic acids is 2. The number of H-pyrrole nitrogens is 1. The number of carbonyl (C=O) groups is 2. The minimum absolute atomic E-state index is 0.0712. The van der Waals surface area contributed by atoms with Crippen molar-refractivity contribution in [3.63, 3.8) is 0 Å². The molecule has 3 aromatic heterocycles. The highest BCUT2D eigenvalue weighted by atomic mass is 32.2.